The van der Waals surface area contributed by atoms with Crippen LogP contribution in [0, 0.1) is 6.92 Å². The molecule has 3 aromatic carbocycles. The second-order valence-electron chi connectivity index (χ2n) is 8.83. The van der Waals surface area contributed by atoms with Crippen molar-refractivity contribution in [3.8, 4) is 11.3 Å². The molecule has 0 unspecified atom stereocenters. The van der Waals surface area contributed by atoms with Crippen LogP contribution in [0.25, 0.3) is 22.3 Å². The quantitative estimate of drug-likeness (QED) is 0.429. The van der Waals surface area contributed by atoms with Crippen molar-refractivity contribution in [2.75, 3.05) is 5.32 Å². The molecular formula is C27H25NO3. The molecular weight excluding hydrogens is 386 g/mol. The molecule has 31 heavy (non-hydrogen) atoms. The number of benzene rings is 3. The molecule has 0 spiro atoms. The van der Waals surface area contributed by atoms with Gasteiger partial charge in [-0.25, -0.2) is 0 Å². The van der Waals surface area contributed by atoms with Crippen LogP contribution in [0.15, 0.2) is 82.0 Å². The number of fused-ring (bicyclic) bond motifs is 1. The van der Waals surface area contributed by atoms with Crippen LogP contribution in [0.4, 0.5) is 5.69 Å². The van der Waals surface area contributed by atoms with Crippen LogP contribution in [0.2, 0.25) is 0 Å². The maximum absolute atomic E-state index is 12.8. The Morgan fingerprint density at radius 3 is 2.19 bits per heavy atom. The van der Waals surface area contributed by atoms with Crippen molar-refractivity contribution in [1.82, 2.24) is 0 Å². The standard InChI is InChI=1S/C27H25NO3/c1-17-5-7-19(8-6-17)26(30)28-21-13-14-24-22(15-21)23(29)16-25(31-24)18-9-11-20(12-10-18)27(2,3)4/h5-16H,1-4H3,(H,28,30). The molecule has 0 bridgehead atoms. The third kappa shape index (κ3) is 4.43. The molecule has 1 amide bonds. The van der Waals surface area contributed by atoms with Gasteiger partial charge in [0.15, 0.2) is 5.43 Å². The van der Waals surface area contributed by atoms with E-state index in [0.717, 1.165) is 11.1 Å². The lowest BCUT2D eigenvalue weighted by molar-refractivity contribution is 0.102. The SMILES string of the molecule is Cc1ccc(C(=O)Nc2ccc3oc(-c4ccc(C(C)(C)C)cc4)cc(=O)c3c2)cc1. The topological polar surface area (TPSA) is 59.3 Å². The molecule has 0 aliphatic heterocycles. The summed E-state index contributed by atoms with van der Waals surface area (Å²) >= 11 is 0. The minimum Gasteiger partial charge on any atom is -0.456 e. The summed E-state index contributed by atoms with van der Waals surface area (Å²) in [5.41, 5.74) is 4.65. The van der Waals surface area contributed by atoms with Crippen LogP contribution in [0.5, 0.6) is 0 Å². The molecule has 4 nitrogen and oxygen atoms in total. The third-order valence-electron chi connectivity index (χ3n) is 5.33. The van der Waals surface area contributed by atoms with E-state index in [0.29, 0.717) is 28.0 Å². The Kier molecular flexibility index (Phi) is 5.24. The van der Waals surface area contributed by atoms with Crippen LogP contribution in [0.3, 0.4) is 0 Å². The van der Waals surface area contributed by atoms with E-state index in [1.807, 2.05) is 31.2 Å². The first-order valence-electron chi connectivity index (χ1n) is 10.3. The van der Waals surface area contributed by atoms with Gasteiger partial charge in [0.2, 0.25) is 0 Å². The molecule has 4 rings (SSSR count). The lowest BCUT2D eigenvalue weighted by Gasteiger charge is -2.19. The molecule has 0 fully saturated rings. The molecule has 0 radical (unpaired) electrons. The summed E-state index contributed by atoms with van der Waals surface area (Å²) in [6.45, 7) is 8.45. The fourth-order valence-corrected chi connectivity index (χ4v) is 3.42. The number of hydrogen-bond donors (Lipinski definition) is 1. The zero-order valence-electron chi connectivity index (χ0n) is 18.2. The van der Waals surface area contributed by atoms with Crippen molar-refractivity contribution in [3.05, 3.63) is 99.7 Å². The number of anilines is 1. The predicted octanol–water partition coefficient (Wildman–Crippen LogP) is 6.32. The van der Waals surface area contributed by atoms with Crippen LogP contribution in [0.1, 0.15) is 42.3 Å². The van der Waals surface area contributed by atoms with Gasteiger partial charge in [-0.1, -0.05) is 62.7 Å². The van der Waals surface area contributed by atoms with E-state index >= 15 is 0 Å². The first kappa shape index (κ1) is 20.6. The number of amides is 1. The first-order chi connectivity index (χ1) is 14.7. The van der Waals surface area contributed by atoms with Crippen molar-refractivity contribution in [1.29, 1.82) is 0 Å². The van der Waals surface area contributed by atoms with Crippen molar-refractivity contribution in [3.63, 3.8) is 0 Å². The first-order valence-corrected chi connectivity index (χ1v) is 10.3. The fourth-order valence-electron chi connectivity index (χ4n) is 3.42. The van der Waals surface area contributed by atoms with Gasteiger partial charge in [-0.05, 0) is 48.2 Å². The lowest BCUT2D eigenvalue weighted by Crippen LogP contribution is -2.12. The smallest absolute Gasteiger partial charge is 0.255 e. The second kappa shape index (κ2) is 7.88. The van der Waals surface area contributed by atoms with Gasteiger partial charge in [-0.15, -0.1) is 0 Å². The maximum Gasteiger partial charge on any atom is 0.255 e. The minimum absolute atomic E-state index is 0.0577. The second-order valence-corrected chi connectivity index (χ2v) is 8.83. The summed E-state index contributed by atoms with van der Waals surface area (Å²) < 4.78 is 6.00. The molecule has 4 aromatic rings. The van der Waals surface area contributed by atoms with E-state index in [9.17, 15) is 9.59 Å². The normalized spacial score (nSPS) is 11.5. The van der Waals surface area contributed by atoms with Crippen molar-refractivity contribution in [2.45, 2.75) is 33.1 Å². The van der Waals surface area contributed by atoms with E-state index in [-0.39, 0.29) is 16.8 Å². The lowest BCUT2D eigenvalue weighted by atomic mass is 9.86. The average molecular weight is 412 g/mol. The molecule has 0 aliphatic rings. The van der Waals surface area contributed by atoms with Gasteiger partial charge < -0.3 is 9.73 Å². The molecule has 1 aromatic heterocycles. The highest BCUT2D eigenvalue weighted by molar-refractivity contribution is 6.05. The molecule has 0 saturated carbocycles. The molecule has 1 heterocycles. The monoisotopic (exact) mass is 411 g/mol. The Hall–Kier alpha value is -3.66. The summed E-state index contributed by atoms with van der Waals surface area (Å²) in [6.07, 6.45) is 0. The highest BCUT2D eigenvalue weighted by atomic mass is 16.3. The highest BCUT2D eigenvalue weighted by Gasteiger charge is 2.14. The van der Waals surface area contributed by atoms with Gasteiger partial charge >= 0.3 is 0 Å². The van der Waals surface area contributed by atoms with E-state index in [1.165, 1.54) is 11.6 Å². The van der Waals surface area contributed by atoms with Crippen LogP contribution in [-0.2, 0) is 5.41 Å². The van der Waals surface area contributed by atoms with Crippen LogP contribution in [-0.4, -0.2) is 5.91 Å². The number of carbonyl (C=O) groups excluding carboxylic acids is 1. The Labute approximate surface area is 181 Å². The van der Waals surface area contributed by atoms with E-state index < -0.39 is 0 Å². The zero-order valence-corrected chi connectivity index (χ0v) is 18.2. The average Bonchev–Trinajstić information content (AvgIpc) is 2.74. The summed E-state index contributed by atoms with van der Waals surface area (Å²) in [7, 11) is 0. The Balaban J connectivity index is 1.63. The maximum atomic E-state index is 12.8. The zero-order chi connectivity index (χ0) is 22.2. The number of aryl methyl sites for hydroxylation is 1. The largest absolute Gasteiger partial charge is 0.456 e. The predicted molar refractivity (Wildman–Crippen MR) is 126 cm³/mol. The van der Waals surface area contributed by atoms with Gasteiger partial charge in [0.1, 0.15) is 11.3 Å². The summed E-state index contributed by atoms with van der Waals surface area (Å²) in [5, 5.41) is 3.27. The Morgan fingerprint density at radius 2 is 1.55 bits per heavy atom. The number of nitrogens with one attached hydrogen (secondary N) is 1. The number of carbonyl (C=O) groups is 1. The van der Waals surface area contributed by atoms with Crippen LogP contribution < -0.4 is 10.7 Å². The summed E-state index contributed by atoms with van der Waals surface area (Å²) in [5.74, 6) is 0.300. The minimum atomic E-state index is -0.223. The van der Waals surface area contributed by atoms with E-state index in [1.54, 1.807) is 30.3 Å². The summed E-state index contributed by atoms with van der Waals surface area (Å²) in [4.78, 5) is 25.2. The third-order valence-corrected chi connectivity index (χ3v) is 5.33. The molecule has 1 N–H and O–H groups in total. The molecule has 4 heteroatoms. The molecule has 0 saturated heterocycles. The Bertz CT molecular complexity index is 1310. The molecule has 0 atom stereocenters. The van der Waals surface area contributed by atoms with Gasteiger partial charge in [0.25, 0.3) is 5.91 Å². The number of rotatable bonds is 3. The van der Waals surface area contributed by atoms with Crippen molar-refractivity contribution in [2.24, 2.45) is 0 Å². The van der Waals surface area contributed by atoms with Gasteiger partial charge in [0.05, 0.1) is 5.39 Å². The van der Waals surface area contributed by atoms with Gasteiger partial charge in [-0.3, -0.25) is 9.59 Å². The number of hydrogen-bond acceptors (Lipinski definition) is 3. The Morgan fingerprint density at radius 1 is 0.871 bits per heavy atom. The molecule has 156 valence electrons. The fraction of sp³-hybridized carbons (Fsp3) is 0.185. The van der Waals surface area contributed by atoms with Gasteiger partial charge in [-0.2, -0.15) is 0 Å². The van der Waals surface area contributed by atoms with E-state index in [2.05, 4.69) is 38.2 Å². The summed E-state index contributed by atoms with van der Waals surface area (Å²) in [6, 6.07) is 22.0. The van der Waals surface area contributed by atoms with Crippen molar-refractivity contribution >= 4 is 22.6 Å². The molecule has 0 aliphatic carbocycles. The van der Waals surface area contributed by atoms with E-state index in [4.69, 9.17) is 4.42 Å². The highest BCUT2D eigenvalue weighted by Crippen LogP contribution is 2.28. The van der Waals surface area contributed by atoms with Crippen molar-refractivity contribution < 1.29 is 9.21 Å². The van der Waals surface area contributed by atoms with Crippen LogP contribution >= 0.6 is 0 Å². The van der Waals surface area contributed by atoms with Gasteiger partial charge in [0, 0.05) is 22.9 Å².